The van der Waals surface area contributed by atoms with E-state index in [-0.39, 0.29) is 17.1 Å². The van der Waals surface area contributed by atoms with E-state index in [1.165, 1.54) is 13.0 Å². The van der Waals surface area contributed by atoms with E-state index in [4.69, 9.17) is 9.26 Å². The molecule has 0 N–H and O–H groups in total. The third-order valence-electron chi connectivity index (χ3n) is 3.61. The van der Waals surface area contributed by atoms with Gasteiger partial charge in [0.05, 0.1) is 4.92 Å². The van der Waals surface area contributed by atoms with Gasteiger partial charge in [-0.05, 0) is 30.7 Å². The number of hydrogen-bond acceptors (Lipinski definition) is 5. The van der Waals surface area contributed by atoms with Crippen LogP contribution in [-0.4, -0.2) is 10.1 Å². The molecular weight excluding hydrogens is 320 g/mol. The second-order valence-electron chi connectivity index (χ2n) is 5.38. The Morgan fingerprint density at radius 2 is 1.84 bits per heavy atom. The monoisotopic (exact) mass is 336 g/mol. The van der Waals surface area contributed by atoms with Crippen molar-refractivity contribution in [3.8, 4) is 5.75 Å². The molecule has 2 aromatic carbocycles. The van der Waals surface area contributed by atoms with E-state index in [0.29, 0.717) is 12.4 Å². The fourth-order valence-corrected chi connectivity index (χ4v) is 2.36. The Balaban J connectivity index is 1.80. The summed E-state index contributed by atoms with van der Waals surface area (Å²) < 4.78 is 10.9. The van der Waals surface area contributed by atoms with Crippen molar-refractivity contribution in [2.45, 2.75) is 13.5 Å². The molecule has 0 saturated heterocycles. The fourth-order valence-electron chi connectivity index (χ4n) is 2.36. The quantitative estimate of drug-likeness (QED) is 0.484. The van der Waals surface area contributed by atoms with Gasteiger partial charge in [-0.2, -0.15) is 0 Å². The summed E-state index contributed by atoms with van der Waals surface area (Å²) in [6.07, 6.45) is 3.25. The summed E-state index contributed by atoms with van der Waals surface area (Å²) in [4.78, 5) is 10.6. The summed E-state index contributed by atoms with van der Waals surface area (Å²) in [7, 11) is 0. The van der Waals surface area contributed by atoms with Crippen LogP contribution in [-0.2, 0) is 6.61 Å². The molecule has 0 radical (unpaired) electrons. The van der Waals surface area contributed by atoms with Crippen LogP contribution in [0.15, 0.2) is 59.1 Å². The number of aromatic nitrogens is 1. The predicted molar refractivity (Wildman–Crippen MR) is 94.0 cm³/mol. The lowest BCUT2D eigenvalue weighted by Crippen LogP contribution is -1.96. The number of nitrogens with zero attached hydrogens (tertiary/aromatic N) is 2. The van der Waals surface area contributed by atoms with Crippen LogP contribution in [0.2, 0.25) is 0 Å². The zero-order valence-electron chi connectivity index (χ0n) is 13.6. The average Bonchev–Trinajstić information content (AvgIpc) is 3.00. The fraction of sp³-hybridized carbons (Fsp3) is 0.105. The van der Waals surface area contributed by atoms with E-state index >= 15 is 0 Å². The minimum atomic E-state index is -0.497. The summed E-state index contributed by atoms with van der Waals surface area (Å²) in [5.74, 6) is 0.793. The van der Waals surface area contributed by atoms with Gasteiger partial charge in [0, 0.05) is 5.56 Å². The Morgan fingerprint density at radius 1 is 1.12 bits per heavy atom. The lowest BCUT2D eigenvalue weighted by Gasteiger charge is -2.09. The molecule has 0 aliphatic carbocycles. The van der Waals surface area contributed by atoms with Crippen molar-refractivity contribution in [3.05, 3.63) is 87.3 Å². The molecule has 6 nitrogen and oxygen atoms in total. The number of rotatable bonds is 6. The van der Waals surface area contributed by atoms with Crippen LogP contribution in [0.4, 0.5) is 5.69 Å². The zero-order valence-corrected chi connectivity index (χ0v) is 13.6. The summed E-state index contributed by atoms with van der Waals surface area (Å²) >= 11 is 0. The molecule has 0 unspecified atom stereocenters. The molecule has 0 amide bonds. The van der Waals surface area contributed by atoms with Crippen LogP contribution in [0.5, 0.6) is 5.75 Å². The van der Waals surface area contributed by atoms with Gasteiger partial charge >= 0.3 is 5.69 Å². The third kappa shape index (κ3) is 3.92. The Kier molecular flexibility index (Phi) is 4.89. The maximum absolute atomic E-state index is 11.1. The minimum absolute atomic E-state index is 0.111. The van der Waals surface area contributed by atoms with Gasteiger partial charge in [-0.3, -0.25) is 10.1 Å². The molecule has 0 fully saturated rings. The Hall–Kier alpha value is -3.41. The second-order valence-corrected chi connectivity index (χ2v) is 5.38. The highest BCUT2D eigenvalue weighted by molar-refractivity contribution is 5.74. The highest BCUT2D eigenvalue weighted by Crippen LogP contribution is 2.27. The van der Waals surface area contributed by atoms with Crippen molar-refractivity contribution in [2.24, 2.45) is 0 Å². The molecule has 0 spiro atoms. The summed E-state index contributed by atoms with van der Waals surface area (Å²) in [5.41, 5.74) is 1.97. The second kappa shape index (κ2) is 7.44. The molecular formula is C19H16N2O4. The van der Waals surface area contributed by atoms with Crippen molar-refractivity contribution in [3.63, 3.8) is 0 Å². The van der Waals surface area contributed by atoms with Crippen LogP contribution in [0.25, 0.3) is 12.2 Å². The molecule has 0 atom stereocenters. The molecule has 0 bridgehead atoms. The molecule has 0 aliphatic rings. The minimum Gasteiger partial charge on any atom is -0.488 e. The molecule has 126 valence electrons. The Morgan fingerprint density at radius 3 is 2.60 bits per heavy atom. The lowest BCUT2D eigenvalue weighted by atomic mass is 10.1. The maximum Gasteiger partial charge on any atom is 0.338 e. The first-order valence-electron chi connectivity index (χ1n) is 7.69. The Bertz CT molecular complexity index is 901. The van der Waals surface area contributed by atoms with E-state index in [9.17, 15) is 10.1 Å². The van der Waals surface area contributed by atoms with Gasteiger partial charge in [-0.1, -0.05) is 53.7 Å². The lowest BCUT2D eigenvalue weighted by molar-refractivity contribution is -0.386. The van der Waals surface area contributed by atoms with Gasteiger partial charge in [-0.15, -0.1) is 0 Å². The first kappa shape index (κ1) is 16.4. The van der Waals surface area contributed by atoms with E-state index in [2.05, 4.69) is 5.16 Å². The predicted octanol–water partition coefficient (Wildman–Crippen LogP) is 4.64. The zero-order chi connectivity index (χ0) is 17.6. The van der Waals surface area contributed by atoms with E-state index < -0.39 is 4.92 Å². The van der Waals surface area contributed by atoms with Gasteiger partial charge in [0.25, 0.3) is 0 Å². The number of nitro groups is 1. The van der Waals surface area contributed by atoms with Gasteiger partial charge in [0.1, 0.15) is 12.4 Å². The number of hydrogen-bond donors (Lipinski definition) is 0. The van der Waals surface area contributed by atoms with E-state index in [1.807, 2.05) is 54.6 Å². The average molecular weight is 336 g/mol. The van der Waals surface area contributed by atoms with Gasteiger partial charge in [0.2, 0.25) is 5.76 Å². The van der Waals surface area contributed by atoms with Crippen molar-refractivity contribution in [1.82, 2.24) is 5.16 Å². The largest absolute Gasteiger partial charge is 0.488 e. The molecule has 3 rings (SSSR count). The summed E-state index contributed by atoms with van der Waals surface area (Å²) in [5, 5.41) is 14.7. The highest BCUT2D eigenvalue weighted by Gasteiger charge is 2.21. The van der Waals surface area contributed by atoms with Gasteiger partial charge in [0.15, 0.2) is 5.69 Å². The summed E-state index contributed by atoms with van der Waals surface area (Å²) in [6, 6.07) is 17.3. The first-order valence-corrected chi connectivity index (χ1v) is 7.69. The number of aryl methyl sites for hydroxylation is 1. The number of ether oxygens (including phenoxy) is 1. The van der Waals surface area contributed by atoms with Crippen LogP contribution in [0.1, 0.15) is 22.6 Å². The van der Waals surface area contributed by atoms with Crippen molar-refractivity contribution in [2.75, 3.05) is 0 Å². The standard InChI is InChI=1S/C19H16N2O4/c1-14-19(21(22)23)18(25-20-14)12-11-16-9-5-6-10-17(16)24-13-15-7-3-2-4-8-15/h2-12H,13H2,1H3/b12-11+. The normalized spacial score (nSPS) is 10.9. The van der Waals surface area contributed by atoms with Crippen molar-refractivity contribution in [1.29, 1.82) is 0 Å². The summed E-state index contributed by atoms with van der Waals surface area (Å²) in [6.45, 7) is 1.98. The third-order valence-corrected chi connectivity index (χ3v) is 3.61. The molecule has 0 saturated carbocycles. The molecule has 25 heavy (non-hydrogen) atoms. The van der Waals surface area contributed by atoms with Crippen LogP contribution >= 0.6 is 0 Å². The SMILES string of the molecule is Cc1noc(/C=C/c2ccccc2OCc2ccccc2)c1[N+](=O)[O-]. The van der Waals surface area contributed by atoms with Gasteiger partial charge < -0.3 is 9.26 Å². The molecule has 3 aromatic rings. The molecule has 0 aliphatic heterocycles. The topological polar surface area (TPSA) is 78.4 Å². The highest BCUT2D eigenvalue weighted by atomic mass is 16.6. The maximum atomic E-state index is 11.1. The molecule has 6 heteroatoms. The first-order chi connectivity index (χ1) is 12.1. The van der Waals surface area contributed by atoms with Crippen molar-refractivity contribution >= 4 is 17.8 Å². The van der Waals surface area contributed by atoms with Gasteiger partial charge in [-0.25, -0.2) is 0 Å². The van der Waals surface area contributed by atoms with Crippen LogP contribution < -0.4 is 4.74 Å². The number of benzene rings is 2. The Labute approximate surface area is 144 Å². The number of para-hydroxylation sites is 1. The molecule has 1 heterocycles. The van der Waals surface area contributed by atoms with Crippen LogP contribution in [0, 0.1) is 17.0 Å². The van der Waals surface area contributed by atoms with E-state index in [1.54, 1.807) is 6.08 Å². The van der Waals surface area contributed by atoms with E-state index in [0.717, 1.165) is 11.1 Å². The van der Waals surface area contributed by atoms with Crippen LogP contribution in [0.3, 0.4) is 0 Å². The van der Waals surface area contributed by atoms with Crippen molar-refractivity contribution < 1.29 is 14.2 Å². The molecule has 1 aromatic heterocycles. The smallest absolute Gasteiger partial charge is 0.338 e.